The van der Waals surface area contributed by atoms with Crippen molar-refractivity contribution < 1.29 is 4.79 Å². The van der Waals surface area contributed by atoms with E-state index in [0.29, 0.717) is 18.3 Å². The summed E-state index contributed by atoms with van der Waals surface area (Å²) in [7, 11) is 0. The van der Waals surface area contributed by atoms with Crippen LogP contribution in [0.1, 0.15) is 30.8 Å². The topological polar surface area (TPSA) is 59.0 Å². The Morgan fingerprint density at radius 1 is 1.43 bits per heavy atom. The first-order valence-electron chi connectivity index (χ1n) is 7.47. The van der Waals surface area contributed by atoms with Crippen molar-refractivity contribution in [2.75, 3.05) is 19.6 Å². The van der Waals surface area contributed by atoms with E-state index in [2.05, 4.69) is 36.5 Å². The minimum atomic E-state index is 0. The highest BCUT2D eigenvalue weighted by molar-refractivity contribution is 5.85. The zero-order valence-corrected chi connectivity index (χ0v) is 14.2. The van der Waals surface area contributed by atoms with Crippen molar-refractivity contribution in [1.82, 2.24) is 20.4 Å². The van der Waals surface area contributed by atoms with Gasteiger partial charge in [-0.25, -0.2) is 0 Å². The van der Waals surface area contributed by atoms with Crippen LogP contribution >= 0.6 is 12.4 Å². The van der Waals surface area contributed by atoms with E-state index in [4.69, 9.17) is 0 Å². The molecule has 1 amide bonds. The predicted octanol–water partition coefficient (Wildman–Crippen LogP) is 1.46. The fourth-order valence-electron chi connectivity index (χ4n) is 2.49. The monoisotopic (exact) mass is 314 g/mol. The van der Waals surface area contributed by atoms with E-state index in [9.17, 15) is 4.79 Å². The highest BCUT2D eigenvalue weighted by Gasteiger charge is 2.19. The summed E-state index contributed by atoms with van der Waals surface area (Å²) in [6.07, 6.45) is 0.440. The highest BCUT2D eigenvalue weighted by atomic mass is 35.5. The van der Waals surface area contributed by atoms with Gasteiger partial charge >= 0.3 is 0 Å². The Balaban J connectivity index is 0.00000220. The van der Waals surface area contributed by atoms with Gasteiger partial charge in [0.1, 0.15) is 0 Å². The lowest BCUT2D eigenvalue weighted by Crippen LogP contribution is -2.48. The van der Waals surface area contributed by atoms with Crippen molar-refractivity contribution in [2.45, 2.75) is 40.7 Å². The maximum absolute atomic E-state index is 12.0. The summed E-state index contributed by atoms with van der Waals surface area (Å²) in [6.45, 7) is 12.1. The van der Waals surface area contributed by atoms with Crippen molar-refractivity contribution in [3.8, 4) is 0 Å². The van der Waals surface area contributed by atoms with Gasteiger partial charge in [-0.05, 0) is 19.8 Å². The van der Waals surface area contributed by atoms with Gasteiger partial charge in [-0.3, -0.25) is 9.48 Å². The maximum Gasteiger partial charge on any atom is 0.224 e. The summed E-state index contributed by atoms with van der Waals surface area (Å²) < 4.78 is 2.03. The van der Waals surface area contributed by atoms with E-state index < -0.39 is 0 Å². The van der Waals surface area contributed by atoms with Gasteiger partial charge in [0.2, 0.25) is 5.91 Å². The normalized spacial score (nSPS) is 14.7. The fraction of sp³-hybridized carbons (Fsp3) is 0.733. The van der Waals surface area contributed by atoms with Crippen molar-refractivity contribution in [1.29, 1.82) is 0 Å². The number of aromatic nitrogens is 2. The number of hydrogen-bond acceptors (Lipinski definition) is 3. The number of aryl methyl sites for hydroxylation is 1. The molecule has 0 spiro atoms. The number of rotatable bonds is 6. The van der Waals surface area contributed by atoms with Gasteiger partial charge in [0.25, 0.3) is 0 Å². The lowest BCUT2D eigenvalue weighted by Gasteiger charge is -2.27. The van der Waals surface area contributed by atoms with Crippen molar-refractivity contribution >= 4 is 18.3 Å². The van der Waals surface area contributed by atoms with Crippen LogP contribution in [0.4, 0.5) is 0 Å². The van der Waals surface area contributed by atoms with Crippen LogP contribution in [-0.4, -0.2) is 35.3 Å². The SMILES string of the molecule is Cc1nn(CC(C)C)c(C)c1CC(=O)NCC1CNC1.Cl. The van der Waals surface area contributed by atoms with E-state index >= 15 is 0 Å². The molecule has 0 saturated carbocycles. The van der Waals surface area contributed by atoms with Crippen LogP contribution in [0.5, 0.6) is 0 Å². The zero-order chi connectivity index (χ0) is 14.7. The molecule has 0 bridgehead atoms. The minimum absolute atomic E-state index is 0. The van der Waals surface area contributed by atoms with E-state index in [1.807, 2.05) is 11.6 Å². The number of carbonyl (C=O) groups is 1. The number of amides is 1. The zero-order valence-electron chi connectivity index (χ0n) is 13.4. The third-order valence-electron chi connectivity index (χ3n) is 3.86. The molecule has 0 aliphatic carbocycles. The van der Waals surface area contributed by atoms with Gasteiger partial charge < -0.3 is 10.6 Å². The number of nitrogens with one attached hydrogen (secondary N) is 2. The Bertz CT molecular complexity index is 480. The van der Waals surface area contributed by atoms with Crippen LogP contribution in [0.3, 0.4) is 0 Å². The van der Waals surface area contributed by atoms with E-state index in [1.54, 1.807) is 0 Å². The molecule has 0 radical (unpaired) electrons. The van der Waals surface area contributed by atoms with Crippen molar-refractivity contribution in [3.05, 3.63) is 17.0 Å². The smallest absolute Gasteiger partial charge is 0.224 e. The number of nitrogens with zero attached hydrogens (tertiary/aromatic N) is 2. The molecule has 2 rings (SSSR count). The van der Waals surface area contributed by atoms with Crippen LogP contribution in [0.25, 0.3) is 0 Å². The van der Waals surface area contributed by atoms with Crippen molar-refractivity contribution in [3.63, 3.8) is 0 Å². The first-order valence-corrected chi connectivity index (χ1v) is 7.47. The molecule has 120 valence electrons. The summed E-state index contributed by atoms with van der Waals surface area (Å²) in [5.41, 5.74) is 3.18. The van der Waals surface area contributed by atoms with Crippen LogP contribution < -0.4 is 10.6 Å². The Morgan fingerprint density at radius 3 is 2.62 bits per heavy atom. The third-order valence-corrected chi connectivity index (χ3v) is 3.86. The van der Waals surface area contributed by atoms with Gasteiger partial charge in [0.05, 0.1) is 12.1 Å². The second-order valence-corrected chi connectivity index (χ2v) is 6.23. The van der Waals surface area contributed by atoms with Crippen LogP contribution in [0.2, 0.25) is 0 Å². The largest absolute Gasteiger partial charge is 0.355 e. The van der Waals surface area contributed by atoms with Gasteiger partial charge in [-0.1, -0.05) is 13.8 Å². The molecule has 0 aromatic carbocycles. The minimum Gasteiger partial charge on any atom is -0.355 e. The van der Waals surface area contributed by atoms with Crippen LogP contribution in [0.15, 0.2) is 0 Å². The van der Waals surface area contributed by atoms with E-state index in [1.165, 1.54) is 0 Å². The lowest BCUT2D eigenvalue weighted by molar-refractivity contribution is -0.120. The quantitative estimate of drug-likeness (QED) is 0.835. The Kier molecular flexibility index (Phi) is 6.68. The molecule has 0 unspecified atom stereocenters. The summed E-state index contributed by atoms with van der Waals surface area (Å²) >= 11 is 0. The molecule has 1 aromatic heterocycles. The first-order chi connectivity index (χ1) is 9.47. The average molecular weight is 315 g/mol. The molecule has 2 N–H and O–H groups in total. The van der Waals surface area contributed by atoms with Crippen molar-refractivity contribution in [2.24, 2.45) is 11.8 Å². The number of hydrogen-bond donors (Lipinski definition) is 2. The molecule has 1 aromatic rings. The van der Waals surface area contributed by atoms with E-state index in [0.717, 1.165) is 43.1 Å². The first kappa shape index (κ1) is 18.0. The Morgan fingerprint density at radius 2 is 2.10 bits per heavy atom. The Labute approximate surface area is 133 Å². The number of halogens is 1. The molecule has 1 fully saturated rings. The standard InChI is InChI=1S/C15H26N4O.ClH/c1-10(2)9-19-12(4)14(11(3)18-19)5-15(20)17-8-13-6-16-7-13;/h10,13,16H,5-9H2,1-4H3,(H,17,20);1H. The summed E-state index contributed by atoms with van der Waals surface area (Å²) in [4.78, 5) is 12.0. The average Bonchev–Trinajstić information content (AvgIpc) is 2.54. The predicted molar refractivity (Wildman–Crippen MR) is 86.9 cm³/mol. The lowest BCUT2D eigenvalue weighted by atomic mass is 10.0. The van der Waals surface area contributed by atoms with Gasteiger partial charge in [-0.15, -0.1) is 12.4 Å². The van der Waals surface area contributed by atoms with Gasteiger partial charge in [0.15, 0.2) is 0 Å². The molecule has 0 atom stereocenters. The Hall–Kier alpha value is -1.07. The molecule has 5 nitrogen and oxygen atoms in total. The molecular weight excluding hydrogens is 288 g/mol. The van der Waals surface area contributed by atoms with Gasteiger partial charge in [0, 0.05) is 43.4 Å². The summed E-state index contributed by atoms with van der Waals surface area (Å²) in [6, 6.07) is 0. The molecule has 1 saturated heterocycles. The van der Waals surface area contributed by atoms with Gasteiger partial charge in [-0.2, -0.15) is 5.10 Å². The third kappa shape index (κ3) is 4.71. The molecule has 1 aliphatic heterocycles. The maximum atomic E-state index is 12.0. The second-order valence-electron chi connectivity index (χ2n) is 6.23. The number of carbonyl (C=O) groups excluding carboxylic acids is 1. The summed E-state index contributed by atoms with van der Waals surface area (Å²) in [5.74, 6) is 1.26. The van der Waals surface area contributed by atoms with Crippen LogP contribution in [-0.2, 0) is 17.8 Å². The molecule has 21 heavy (non-hydrogen) atoms. The molecule has 6 heteroatoms. The van der Waals surface area contributed by atoms with Crippen LogP contribution in [0, 0.1) is 25.7 Å². The highest BCUT2D eigenvalue weighted by Crippen LogP contribution is 2.15. The molecule has 2 heterocycles. The van der Waals surface area contributed by atoms with E-state index in [-0.39, 0.29) is 18.3 Å². The fourth-order valence-corrected chi connectivity index (χ4v) is 2.49. The molecular formula is C15H27ClN4O. The summed E-state index contributed by atoms with van der Waals surface area (Å²) in [5, 5.41) is 10.8. The molecule has 1 aliphatic rings. The second kappa shape index (κ2) is 7.80.